The van der Waals surface area contributed by atoms with Gasteiger partial charge in [-0.15, -0.1) is 0 Å². The SMILES string of the molecule is CC(C)C(=O)N1CCC(n2ncc3c(N4CCOCC4)nc(-c4ccc(NC(=O)Nc5ccncc5)cc4)nc32)CC1. The predicted molar refractivity (Wildman–Crippen MR) is 160 cm³/mol. The van der Waals surface area contributed by atoms with Crippen molar-refractivity contribution in [1.29, 1.82) is 0 Å². The molecule has 0 aliphatic carbocycles. The number of benzene rings is 1. The summed E-state index contributed by atoms with van der Waals surface area (Å²) in [6.07, 6.45) is 6.75. The van der Waals surface area contributed by atoms with Crippen molar-refractivity contribution in [3.63, 3.8) is 0 Å². The molecule has 4 aromatic rings. The van der Waals surface area contributed by atoms with Crippen molar-refractivity contribution >= 4 is 40.2 Å². The van der Waals surface area contributed by atoms with Gasteiger partial charge in [0.15, 0.2) is 11.5 Å². The van der Waals surface area contributed by atoms with E-state index in [0.29, 0.717) is 43.5 Å². The van der Waals surface area contributed by atoms with E-state index in [-0.39, 0.29) is 23.9 Å². The molecule has 2 aliphatic rings. The molecule has 3 aromatic heterocycles. The number of amides is 3. The van der Waals surface area contributed by atoms with Gasteiger partial charge in [-0.3, -0.25) is 9.78 Å². The number of nitrogens with zero attached hydrogens (tertiary/aromatic N) is 7. The minimum atomic E-state index is -0.341. The summed E-state index contributed by atoms with van der Waals surface area (Å²) in [5, 5.41) is 11.3. The Bertz CT molecular complexity index is 1540. The predicted octanol–water partition coefficient (Wildman–Crippen LogP) is 4.19. The van der Waals surface area contributed by atoms with Gasteiger partial charge in [-0.05, 0) is 49.2 Å². The highest BCUT2D eigenvalue weighted by Gasteiger charge is 2.28. The maximum Gasteiger partial charge on any atom is 0.323 e. The van der Waals surface area contributed by atoms with Crippen molar-refractivity contribution < 1.29 is 14.3 Å². The highest BCUT2D eigenvalue weighted by molar-refractivity contribution is 5.99. The first-order valence-corrected chi connectivity index (χ1v) is 14.4. The number of piperidine rings is 1. The Balaban J connectivity index is 1.27. The molecule has 2 saturated heterocycles. The van der Waals surface area contributed by atoms with E-state index in [4.69, 9.17) is 19.8 Å². The van der Waals surface area contributed by atoms with Crippen LogP contribution < -0.4 is 15.5 Å². The number of carbonyl (C=O) groups is 2. The number of nitrogens with one attached hydrogen (secondary N) is 2. The molecule has 12 heteroatoms. The van der Waals surface area contributed by atoms with Gasteiger partial charge in [0.05, 0.1) is 30.8 Å². The van der Waals surface area contributed by atoms with E-state index in [9.17, 15) is 9.59 Å². The van der Waals surface area contributed by atoms with Crippen LogP contribution in [-0.4, -0.2) is 81.0 Å². The fourth-order valence-corrected chi connectivity index (χ4v) is 5.45. The molecule has 5 heterocycles. The molecule has 0 unspecified atom stereocenters. The Morgan fingerprint density at radius 2 is 1.57 bits per heavy atom. The quantitative estimate of drug-likeness (QED) is 0.354. The van der Waals surface area contributed by atoms with E-state index in [0.717, 1.165) is 48.3 Å². The molecule has 0 atom stereocenters. The van der Waals surface area contributed by atoms with Gasteiger partial charge in [0.1, 0.15) is 5.82 Å². The lowest BCUT2D eigenvalue weighted by Crippen LogP contribution is -2.41. The summed E-state index contributed by atoms with van der Waals surface area (Å²) in [5.74, 6) is 1.63. The van der Waals surface area contributed by atoms with E-state index >= 15 is 0 Å². The van der Waals surface area contributed by atoms with Crippen LogP contribution in [0.4, 0.5) is 22.0 Å². The molecule has 2 fully saturated rings. The number of morpholine rings is 1. The zero-order chi connectivity index (χ0) is 29.1. The largest absolute Gasteiger partial charge is 0.378 e. The van der Waals surface area contributed by atoms with E-state index in [1.54, 1.807) is 24.5 Å². The van der Waals surface area contributed by atoms with Crippen molar-refractivity contribution in [2.45, 2.75) is 32.7 Å². The number of likely N-dealkylation sites (tertiary alicyclic amines) is 1. The molecule has 2 N–H and O–H groups in total. The summed E-state index contributed by atoms with van der Waals surface area (Å²) in [6, 6.07) is 10.7. The van der Waals surface area contributed by atoms with Crippen molar-refractivity contribution in [3.05, 3.63) is 55.0 Å². The van der Waals surface area contributed by atoms with Crippen LogP contribution in [0.25, 0.3) is 22.4 Å². The average Bonchev–Trinajstić information content (AvgIpc) is 3.45. The van der Waals surface area contributed by atoms with Gasteiger partial charge < -0.3 is 25.2 Å². The number of hydrogen-bond acceptors (Lipinski definition) is 8. The number of fused-ring (bicyclic) bond motifs is 1. The molecular weight excluding hydrogens is 534 g/mol. The summed E-state index contributed by atoms with van der Waals surface area (Å²) < 4.78 is 7.61. The first-order valence-electron chi connectivity index (χ1n) is 14.4. The van der Waals surface area contributed by atoms with Gasteiger partial charge in [-0.2, -0.15) is 5.10 Å². The van der Waals surface area contributed by atoms with Crippen LogP contribution >= 0.6 is 0 Å². The molecule has 42 heavy (non-hydrogen) atoms. The molecule has 0 saturated carbocycles. The average molecular weight is 570 g/mol. The monoisotopic (exact) mass is 569 g/mol. The maximum atomic E-state index is 12.5. The molecule has 3 amide bonds. The second-order valence-electron chi connectivity index (χ2n) is 10.9. The van der Waals surface area contributed by atoms with E-state index in [1.807, 2.05) is 53.9 Å². The lowest BCUT2D eigenvalue weighted by molar-refractivity contribution is -0.135. The molecule has 0 radical (unpaired) electrons. The second-order valence-corrected chi connectivity index (χ2v) is 10.9. The van der Waals surface area contributed by atoms with Crippen LogP contribution in [0.1, 0.15) is 32.7 Å². The van der Waals surface area contributed by atoms with Gasteiger partial charge in [0.2, 0.25) is 5.91 Å². The van der Waals surface area contributed by atoms with Gasteiger partial charge in [0, 0.05) is 61.4 Å². The third-order valence-electron chi connectivity index (χ3n) is 7.70. The standard InChI is InChI=1S/C30H35N9O3/c1-20(2)29(40)38-13-9-24(10-14-38)39-28-25(19-32-39)27(37-15-17-42-18-16-37)35-26(36-28)21-3-5-22(6-4-21)33-30(41)34-23-7-11-31-12-8-23/h3-8,11-12,19-20,24H,9-10,13-18H2,1-2H3,(H2,31,33,34,41). The number of hydrogen-bond donors (Lipinski definition) is 2. The third-order valence-corrected chi connectivity index (χ3v) is 7.70. The second kappa shape index (κ2) is 12.1. The van der Waals surface area contributed by atoms with Crippen LogP contribution in [0.2, 0.25) is 0 Å². The summed E-state index contributed by atoms with van der Waals surface area (Å²) in [7, 11) is 0. The molecule has 0 spiro atoms. The highest BCUT2D eigenvalue weighted by Crippen LogP contribution is 2.32. The van der Waals surface area contributed by atoms with Crippen LogP contribution in [0.5, 0.6) is 0 Å². The van der Waals surface area contributed by atoms with E-state index < -0.39 is 0 Å². The van der Waals surface area contributed by atoms with Gasteiger partial charge in [-0.1, -0.05) is 13.8 Å². The van der Waals surface area contributed by atoms with Crippen LogP contribution in [0, 0.1) is 5.92 Å². The molecule has 1 aromatic carbocycles. The smallest absolute Gasteiger partial charge is 0.323 e. The van der Waals surface area contributed by atoms with Crippen LogP contribution in [0.3, 0.4) is 0 Å². The van der Waals surface area contributed by atoms with Gasteiger partial charge >= 0.3 is 6.03 Å². The van der Waals surface area contributed by atoms with Gasteiger partial charge in [-0.25, -0.2) is 19.4 Å². The first-order chi connectivity index (χ1) is 20.5. The number of anilines is 3. The van der Waals surface area contributed by atoms with Crippen LogP contribution in [-0.2, 0) is 9.53 Å². The van der Waals surface area contributed by atoms with Crippen molar-refractivity contribution in [2.75, 3.05) is 54.9 Å². The zero-order valence-corrected chi connectivity index (χ0v) is 23.9. The Morgan fingerprint density at radius 3 is 2.24 bits per heavy atom. The molecule has 2 aliphatic heterocycles. The Kier molecular flexibility index (Phi) is 7.95. The Morgan fingerprint density at radius 1 is 0.905 bits per heavy atom. The molecule has 218 valence electrons. The highest BCUT2D eigenvalue weighted by atomic mass is 16.5. The molecule has 0 bridgehead atoms. The minimum Gasteiger partial charge on any atom is -0.378 e. The lowest BCUT2D eigenvalue weighted by Gasteiger charge is -2.33. The molecular formula is C30H35N9O3. The number of urea groups is 1. The summed E-state index contributed by atoms with van der Waals surface area (Å²) in [6.45, 7) is 8.06. The number of carbonyl (C=O) groups excluding carboxylic acids is 2. The van der Waals surface area contributed by atoms with Crippen LogP contribution in [0.15, 0.2) is 55.0 Å². The lowest BCUT2D eigenvalue weighted by atomic mass is 10.0. The Labute approximate surface area is 244 Å². The number of rotatable bonds is 6. The minimum absolute atomic E-state index is 0.00384. The third kappa shape index (κ3) is 5.89. The van der Waals surface area contributed by atoms with E-state index in [2.05, 4.69) is 20.5 Å². The fraction of sp³-hybridized carbons (Fsp3) is 0.400. The van der Waals surface area contributed by atoms with E-state index in [1.165, 1.54) is 0 Å². The number of pyridine rings is 1. The summed E-state index contributed by atoms with van der Waals surface area (Å²) in [4.78, 5) is 43.1. The molecule has 12 nitrogen and oxygen atoms in total. The number of ether oxygens (including phenoxy) is 1. The van der Waals surface area contributed by atoms with Crippen molar-refractivity contribution in [3.8, 4) is 11.4 Å². The zero-order valence-electron chi connectivity index (χ0n) is 23.9. The normalized spacial score (nSPS) is 16.2. The molecule has 6 rings (SSSR count). The van der Waals surface area contributed by atoms with Gasteiger partial charge in [0.25, 0.3) is 0 Å². The number of aromatic nitrogens is 5. The topological polar surface area (TPSA) is 130 Å². The van der Waals surface area contributed by atoms with Crippen molar-refractivity contribution in [1.82, 2.24) is 29.6 Å². The van der Waals surface area contributed by atoms with Crippen molar-refractivity contribution in [2.24, 2.45) is 5.92 Å². The maximum absolute atomic E-state index is 12.5. The summed E-state index contributed by atoms with van der Waals surface area (Å²) >= 11 is 0. The fourth-order valence-electron chi connectivity index (χ4n) is 5.45. The Hall–Kier alpha value is -4.58. The first kappa shape index (κ1) is 27.6. The summed E-state index contributed by atoms with van der Waals surface area (Å²) in [5.41, 5.74) is 2.92.